The van der Waals surface area contributed by atoms with Crippen molar-refractivity contribution in [3.63, 3.8) is 0 Å². The minimum Gasteiger partial charge on any atom is -0.385 e. The third-order valence-electron chi connectivity index (χ3n) is 2.98. The Kier molecular flexibility index (Phi) is 5.60. The van der Waals surface area contributed by atoms with Crippen LogP contribution in [0.2, 0.25) is 0 Å². The number of hydrogen-bond donors (Lipinski definition) is 1. The lowest BCUT2D eigenvalue weighted by molar-refractivity contribution is -0.384. The average molecular weight is 265 g/mol. The molecule has 106 valence electrons. The van der Waals surface area contributed by atoms with E-state index in [2.05, 4.69) is 24.1 Å². The maximum atomic E-state index is 11.0. The van der Waals surface area contributed by atoms with Gasteiger partial charge in [-0.05, 0) is 25.3 Å². The summed E-state index contributed by atoms with van der Waals surface area (Å²) in [6.07, 6.45) is 1.07. The summed E-state index contributed by atoms with van der Waals surface area (Å²) in [6.45, 7) is 7.96. The summed E-state index contributed by atoms with van der Waals surface area (Å²) in [5.74, 6) is 0.620. The lowest BCUT2D eigenvalue weighted by Gasteiger charge is -2.21. The van der Waals surface area contributed by atoms with Crippen molar-refractivity contribution in [2.75, 3.05) is 30.4 Å². The van der Waals surface area contributed by atoms with Crippen LogP contribution in [0, 0.1) is 16.0 Å². The molecule has 5 nitrogen and oxygen atoms in total. The molecule has 0 aliphatic heterocycles. The normalized spacial score (nSPS) is 10.6. The molecule has 5 heteroatoms. The Balaban J connectivity index is 2.94. The molecule has 1 rings (SSSR count). The zero-order valence-corrected chi connectivity index (χ0v) is 12.1. The Morgan fingerprint density at radius 1 is 1.37 bits per heavy atom. The lowest BCUT2D eigenvalue weighted by Crippen LogP contribution is -2.20. The van der Waals surface area contributed by atoms with E-state index in [1.165, 1.54) is 0 Å². The minimum absolute atomic E-state index is 0.129. The molecule has 0 unspecified atom stereocenters. The summed E-state index contributed by atoms with van der Waals surface area (Å²) in [6, 6.07) is 5.15. The van der Waals surface area contributed by atoms with E-state index in [-0.39, 0.29) is 10.6 Å². The van der Waals surface area contributed by atoms with Crippen molar-refractivity contribution in [2.45, 2.75) is 27.2 Å². The highest BCUT2D eigenvalue weighted by Crippen LogP contribution is 2.26. The number of nitrogens with zero attached hydrogens (tertiary/aromatic N) is 2. The molecule has 0 amide bonds. The van der Waals surface area contributed by atoms with Crippen molar-refractivity contribution < 1.29 is 4.92 Å². The van der Waals surface area contributed by atoms with Crippen LogP contribution in [0.15, 0.2) is 18.2 Å². The number of benzene rings is 1. The summed E-state index contributed by atoms with van der Waals surface area (Å²) in [4.78, 5) is 12.7. The van der Waals surface area contributed by atoms with Crippen molar-refractivity contribution in [1.82, 2.24) is 0 Å². The van der Waals surface area contributed by atoms with Crippen LogP contribution < -0.4 is 10.2 Å². The predicted molar refractivity (Wildman–Crippen MR) is 80.0 cm³/mol. The van der Waals surface area contributed by atoms with E-state index < -0.39 is 0 Å². The lowest BCUT2D eigenvalue weighted by atomic mass is 10.1. The van der Waals surface area contributed by atoms with Gasteiger partial charge in [-0.1, -0.05) is 13.8 Å². The summed E-state index contributed by atoms with van der Waals surface area (Å²) in [5, 5.41) is 14.1. The fourth-order valence-corrected chi connectivity index (χ4v) is 1.81. The van der Waals surface area contributed by atoms with E-state index in [0.29, 0.717) is 5.92 Å². The van der Waals surface area contributed by atoms with Gasteiger partial charge in [0.15, 0.2) is 0 Å². The molecule has 1 aromatic rings. The van der Waals surface area contributed by atoms with E-state index in [1.54, 1.807) is 12.1 Å². The molecule has 0 saturated heterocycles. The Morgan fingerprint density at radius 3 is 2.58 bits per heavy atom. The molecule has 0 saturated carbocycles. The Morgan fingerprint density at radius 2 is 2.05 bits per heavy atom. The largest absolute Gasteiger partial charge is 0.385 e. The average Bonchev–Trinajstić information content (AvgIpc) is 2.35. The molecule has 1 aromatic carbocycles. The standard InChI is InChI=1S/C14H23N3O2/c1-5-15-12-8-13(10-14(9-12)17(18)19)16(4)7-6-11(2)3/h8-11,15H,5-7H2,1-4H3. The first-order valence-electron chi connectivity index (χ1n) is 6.68. The molecular weight excluding hydrogens is 242 g/mol. The summed E-state index contributed by atoms with van der Waals surface area (Å²) < 4.78 is 0. The van der Waals surface area contributed by atoms with E-state index >= 15 is 0 Å². The van der Waals surface area contributed by atoms with Crippen molar-refractivity contribution in [3.05, 3.63) is 28.3 Å². The van der Waals surface area contributed by atoms with Crippen molar-refractivity contribution >= 4 is 17.1 Å². The molecule has 0 fully saturated rings. The summed E-state index contributed by atoms with van der Waals surface area (Å²) >= 11 is 0. The van der Waals surface area contributed by atoms with Gasteiger partial charge in [-0.25, -0.2) is 0 Å². The molecule has 0 aliphatic rings. The zero-order valence-electron chi connectivity index (χ0n) is 12.1. The van der Waals surface area contributed by atoms with E-state index in [9.17, 15) is 10.1 Å². The molecule has 0 spiro atoms. The number of non-ortho nitro benzene ring substituents is 1. The monoisotopic (exact) mass is 265 g/mol. The van der Waals surface area contributed by atoms with E-state index in [0.717, 1.165) is 30.9 Å². The summed E-state index contributed by atoms with van der Waals surface area (Å²) in [7, 11) is 1.97. The molecule has 1 N–H and O–H groups in total. The maximum Gasteiger partial charge on any atom is 0.273 e. The van der Waals surface area contributed by atoms with Gasteiger partial charge < -0.3 is 10.2 Å². The first kappa shape index (κ1) is 15.3. The second-order valence-electron chi connectivity index (χ2n) is 5.13. The number of nitro groups is 1. The van der Waals surface area contributed by atoms with Crippen LogP contribution in [0.25, 0.3) is 0 Å². The zero-order chi connectivity index (χ0) is 14.4. The van der Waals surface area contributed by atoms with E-state index in [4.69, 9.17) is 0 Å². The van der Waals surface area contributed by atoms with Gasteiger partial charge in [-0.15, -0.1) is 0 Å². The van der Waals surface area contributed by atoms with Crippen LogP contribution in [0.3, 0.4) is 0 Å². The Hall–Kier alpha value is -1.78. The van der Waals surface area contributed by atoms with Gasteiger partial charge in [0.1, 0.15) is 0 Å². The van der Waals surface area contributed by atoms with Crippen LogP contribution in [0.1, 0.15) is 27.2 Å². The SMILES string of the molecule is CCNc1cc(N(C)CCC(C)C)cc([N+](=O)[O-])c1. The highest BCUT2D eigenvalue weighted by molar-refractivity contribution is 5.64. The van der Waals surface area contributed by atoms with Crippen molar-refractivity contribution in [3.8, 4) is 0 Å². The quantitative estimate of drug-likeness (QED) is 0.605. The number of anilines is 2. The van der Waals surface area contributed by atoms with Crippen LogP contribution in [-0.4, -0.2) is 25.1 Å². The van der Waals surface area contributed by atoms with Crippen molar-refractivity contribution in [2.24, 2.45) is 5.92 Å². The number of hydrogen-bond acceptors (Lipinski definition) is 4. The number of nitro benzene ring substituents is 1. The van der Waals surface area contributed by atoms with Gasteiger partial charge in [0.2, 0.25) is 0 Å². The maximum absolute atomic E-state index is 11.0. The number of rotatable bonds is 7. The van der Waals surface area contributed by atoms with Gasteiger partial charge in [0, 0.05) is 43.6 Å². The molecule has 0 radical (unpaired) electrons. The molecule has 0 heterocycles. The van der Waals surface area contributed by atoms with Gasteiger partial charge in [-0.2, -0.15) is 0 Å². The molecule has 0 aliphatic carbocycles. The van der Waals surface area contributed by atoms with Crippen LogP contribution in [0.5, 0.6) is 0 Å². The fraction of sp³-hybridized carbons (Fsp3) is 0.571. The molecule has 0 atom stereocenters. The van der Waals surface area contributed by atoms with Crippen molar-refractivity contribution in [1.29, 1.82) is 0 Å². The van der Waals surface area contributed by atoms with Gasteiger partial charge >= 0.3 is 0 Å². The third-order valence-corrected chi connectivity index (χ3v) is 2.98. The van der Waals surface area contributed by atoms with Gasteiger partial charge in [-0.3, -0.25) is 10.1 Å². The topological polar surface area (TPSA) is 58.4 Å². The summed E-state index contributed by atoms with van der Waals surface area (Å²) in [5.41, 5.74) is 1.80. The van der Waals surface area contributed by atoms with Gasteiger partial charge in [0.05, 0.1) is 4.92 Å². The molecule has 19 heavy (non-hydrogen) atoms. The molecule has 0 aromatic heterocycles. The predicted octanol–water partition coefficient (Wildman–Crippen LogP) is 3.51. The fourth-order valence-electron chi connectivity index (χ4n) is 1.81. The third kappa shape index (κ3) is 4.77. The van der Waals surface area contributed by atoms with Crippen LogP contribution >= 0.6 is 0 Å². The van der Waals surface area contributed by atoms with E-state index in [1.807, 2.05) is 20.0 Å². The highest BCUT2D eigenvalue weighted by Gasteiger charge is 2.12. The Bertz CT molecular complexity index is 433. The molecule has 0 bridgehead atoms. The second-order valence-corrected chi connectivity index (χ2v) is 5.13. The van der Waals surface area contributed by atoms with Crippen LogP contribution in [-0.2, 0) is 0 Å². The number of nitrogens with one attached hydrogen (secondary N) is 1. The van der Waals surface area contributed by atoms with Crippen LogP contribution in [0.4, 0.5) is 17.1 Å². The first-order valence-corrected chi connectivity index (χ1v) is 6.68. The smallest absolute Gasteiger partial charge is 0.273 e. The minimum atomic E-state index is -0.347. The second kappa shape index (κ2) is 6.97. The van der Waals surface area contributed by atoms with Gasteiger partial charge in [0.25, 0.3) is 5.69 Å². The first-order chi connectivity index (χ1) is 8.93. The highest BCUT2D eigenvalue weighted by atomic mass is 16.6. The molecular formula is C14H23N3O2. The Labute approximate surface area is 114 Å².